The van der Waals surface area contributed by atoms with Crippen LogP contribution in [0.2, 0.25) is 0 Å². The van der Waals surface area contributed by atoms with Gasteiger partial charge in [0.25, 0.3) is 0 Å². The van der Waals surface area contributed by atoms with Gasteiger partial charge in [-0.3, -0.25) is 0 Å². The molecule has 1 saturated carbocycles. The molecule has 6 aromatic carbocycles. The van der Waals surface area contributed by atoms with E-state index in [-0.39, 0.29) is 46.1 Å². The Morgan fingerprint density at radius 3 is 1.22 bits per heavy atom. The molecule has 0 atom stereocenters. The maximum absolute atomic E-state index is 5.58. The topological polar surface area (TPSA) is 36.9 Å². The Kier molecular flexibility index (Phi) is 10.3. The van der Waals surface area contributed by atoms with Crippen molar-refractivity contribution in [1.82, 2.24) is 0 Å². The Hall–Kier alpha value is -3.83. The van der Waals surface area contributed by atoms with Gasteiger partial charge in [0.1, 0.15) is 23.0 Å². The minimum atomic E-state index is 0. The van der Waals surface area contributed by atoms with E-state index >= 15 is 0 Å². The van der Waals surface area contributed by atoms with Crippen molar-refractivity contribution in [1.29, 1.82) is 0 Å². The molecule has 0 heterocycles. The van der Waals surface area contributed by atoms with Gasteiger partial charge in [-0.25, -0.2) is 0 Å². The van der Waals surface area contributed by atoms with Crippen LogP contribution in [-0.2, 0) is 31.3 Å². The molecule has 0 radical (unpaired) electrons. The third kappa shape index (κ3) is 5.83. The number of methoxy groups -OCH3 is 4. The van der Waals surface area contributed by atoms with Crippen molar-refractivity contribution >= 4 is 21.5 Å². The zero-order chi connectivity index (χ0) is 28.8. The maximum atomic E-state index is 5.58. The summed E-state index contributed by atoms with van der Waals surface area (Å²) in [6.07, 6.45) is 3.51. The van der Waals surface area contributed by atoms with E-state index in [0.717, 1.165) is 47.0 Å². The van der Waals surface area contributed by atoms with Crippen LogP contribution in [0.3, 0.4) is 0 Å². The zero-order valence-electron chi connectivity index (χ0n) is 27.0. The van der Waals surface area contributed by atoms with Gasteiger partial charge in [-0.15, -0.1) is 69.1 Å². The van der Waals surface area contributed by atoms with E-state index in [0.29, 0.717) is 0 Å². The molecule has 45 heavy (non-hydrogen) atoms. The van der Waals surface area contributed by atoms with E-state index in [9.17, 15) is 0 Å². The molecule has 0 saturated heterocycles. The van der Waals surface area contributed by atoms with E-state index in [2.05, 4.69) is 84.9 Å². The van der Waals surface area contributed by atoms with Gasteiger partial charge in [-0.05, 0) is 53.6 Å². The fourth-order valence-electron chi connectivity index (χ4n) is 6.73. The first-order valence-corrected chi connectivity index (χ1v) is 14.4. The van der Waals surface area contributed by atoms with Crippen LogP contribution >= 0.6 is 0 Å². The molecule has 228 valence electrons. The van der Waals surface area contributed by atoms with Crippen molar-refractivity contribution < 1.29 is 44.8 Å². The summed E-state index contributed by atoms with van der Waals surface area (Å²) in [6.45, 7) is 0. The molecule has 1 aliphatic rings. The molecule has 0 unspecified atom stereocenters. The van der Waals surface area contributed by atoms with Crippen LogP contribution in [0.4, 0.5) is 0 Å². The van der Waals surface area contributed by atoms with Crippen LogP contribution in [0.25, 0.3) is 43.8 Å². The largest absolute Gasteiger partial charge is 4.00 e. The molecule has 0 aliphatic heterocycles. The Morgan fingerprint density at radius 1 is 0.533 bits per heavy atom. The van der Waals surface area contributed by atoms with Crippen LogP contribution in [-0.4, -0.2) is 28.4 Å². The first-order chi connectivity index (χ1) is 20.5. The van der Waals surface area contributed by atoms with Crippen molar-refractivity contribution in [2.24, 2.45) is 0 Å². The third-order valence-electron chi connectivity index (χ3n) is 9.14. The van der Waals surface area contributed by atoms with Gasteiger partial charge in [0.2, 0.25) is 0 Å². The number of ether oxygens (including phenoxy) is 4. The van der Waals surface area contributed by atoms with Gasteiger partial charge in [-0.2, -0.15) is 12.1 Å². The van der Waals surface area contributed by atoms with Crippen molar-refractivity contribution in [2.75, 3.05) is 28.4 Å². The van der Waals surface area contributed by atoms with Gasteiger partial charge in [0, 0.05) is 12.1 Å². The molecule has 4 nitrogen and oxygen atoms in total. The second kappa shape index (κ2) is 13.7. The molecular formula is C40H40HfO4. The summed E-state index contributed by atoms with van der Waals surface area (Å²) in [5.41, 5.74) is 7.35. The molecule has 1 aliphatic carbocycles. The molecule has 0 bridgehead atoms. The van der Waals surface area contributed by atoms with Crippen LogP contribution < -0.4 is 18.9 Å². The van der Waals surface area contributed by atoms with E-state index < -0.39 is 0 Å². The second-order valence-corrected chi connectivity index (χ2v) is 11.2. The fourth-order valence-corrected chi connectivity index (χ4v) is 6.73. The third-order valence-corrected chi connectivity index (χ3v) is 9.14. The summed E-state index contributed by atoms with van der Waals surface area (Å²) in [5, 5.41) is 5.04. The van der Waals surface area contributed by atoms with Gasteiger partial charge in [0.15, 0.2) is 0 Å². The van der Waals surface area contributed by atoms with Crippen molar-refractivity contribution in [2.45, 2.75) is 24.7 Å². The molecule has 0 N–H and O–H groups in total. The van der Waals surface area contributed by atoms with Crippen molar-refractivity contribution in [3.05, 3.63) is 123 Å². The number of fused-ring (bicyclic) bond motifs is 2. The first kappa shape index (κ1) is 34.1. The van der Waals surface area contributed by atoms with Gasteiger partial charge < -0.3 is 33.8 Å². The quantitative estimate of drug-likeness (QED) is 0.114. The monoisotopic (exact) mass is 764 g/mol. The molecule has 0 aromatic heterocycles. The maximum Gasteiger partial charge on any atom is 4.00 e. The average molecular weight is 763 g/mol. The van der Waals surface area contributed by atoms with Gasteiger partial charge >= 0.3 is 25.8 Å². The number of hydrogen-bond acceptors (Lipinski definition) is 4. The van der Waals surface area contributed by atoms with E-state index in [1.807, 2.05) is 12.1 Å². The Bertz CT molecular complexity index is 1740. The summed E-state index contributed by atoms with van der Waals surface area (Å²) in [5.74, 6) is 3.15. The van der Waals surface area contributed by atoms with Crippen LogP contribution in [0.15, 0.2) is 97.1 Å². The van der Waals surface area contributed by atoms with Crippen LogP contribution in [0.1, 0.15) is 30.4 Å². The number of benzene rings is 4. The summed E-state index contributed by atoms with van der Waals surface area (Å²) < 4.78 is 22.3. The second-order valence-electron chi connectivity index (χ2n) is 11.2. The molecule has 7 rings (SSSR count). The number of hydrogen-bond donors (Lipinski definition) is 0. The summed E-state index contributed by atoms with van der Waals surface area (Å²) in [6, 6.07) is 34.9. The normalized spacial score (nSPS) is 13.2. The molecule has 1 fully saturated rings. The van der Waals surface area contributed by atoms with Crippen LogP contribution in [0, 0.1) is 14.9 Å². The number of rotatable bonds is 8. The molecular weight excluding hydrogens is 723 g/mol. The van der Waals surface area contributed by atoms with Gasteiger partial charge in [0.05, 0.1) is 28.4 Å². The standard InChI is InChI=1S/C38H34O4.2CH3.Hf/c1-39-30-16-26(17-31(22-30)40-2)34-10-5-8-24-14-28(20-36(24)34)38(12-7-13-38)29-15-25-9-6-11-35(37(25)21-29)27-18-32(41-3)23-33(19-27)42-4;;;/h5-6,8-11,14-23H,7,12-13H2,1-4H3;2*1H3;/q-2;2*-1;+4. The smallest absolute Gasteiger partial charge is 0.497 e. The molecule has 6 aromatic rings. The van der Waals surface area contributed by atoms with Gasteiger partial charge in [-0.1, -0.05) is 29.7 Å². The Labute approximate surface area is 286 Å². The minimum Gasteiger partial charge on any atom is -0.497 e. The zero-order valence-corrected chi connectivity index (χ0v) is 30.6. The van der Waals surface area contributed by atoms with E-state index in [4.69, 9.17) is 18.9 Å². The molecule has 0 amide bonds. The Morgan fingerprint density at radius 2 is 0.911 bits per heavy atom. The van der Waals surface area contributed by atoms with Crippen LogP contribution in [0.5, 0.6) is 23.0 Å². The summed E-state index contributed by atoms with van der Waals surface area (Å²) >= 11 is 0. The van der Waals surface area contributed by atoms with Crippen molar-refractivity contribution in [3.8, 4) is 45.3 Å². The summed E-state index contributed by atoms with van der Waals surface area (Å²) in [4.78, 5) is 0. The fraction of sp³-hybridized carbons (Fsp3) is 0.200. The predicted molar refractivity (Wildman–Crippen MR) is 184 cm³/mol. The van der Waals surface area contributed by atoms with E-state index in [1.54, 1.807) is 28.4 Å². The minimum absolute atomic E-state index is 0. The molecule has 5 heteroatoms. The summed E-state index contributed by atoms with van der Waals surface area (Å²) in [7, 11) is 6.78. The Balaban J connectivity index is 0.00000154. The first-order valence-electron chi connectivity index (χ1n) is 14.4. The van der Waals surface area contributed by atoms with Crippen molar-refractivity contribution in [3.63, 3.8) is 0 Å². The SMILES string of the molecule is COc1cc(OC)cc(-c2cccc3[cH-]c(C4(c5cc6c(-c7cc(OC)cc(OC)c7)cccc6[cH-]5)CCC4)cc23)c1.[CH3-].[CH3-].[Hf+4]. The molecule has 0 spiro atoms. The van der Waals surface area contributed by atoms with E-state index in [1.165, 1.54) is 50.2 Å². The predicted octanol–water partition coefficient (Wildman–Crippen LogP) is 10.2. The average Bonchev–Trinajstić information content (AvgIpc) is 3.64.